The van der Waals surface area contributed by atoms with Gasteiger partial charge in [-0.2, -0.15) is 0 Å². The third kappa shape index (κ3) is 3.60. The van der Waals surface area contributed by atoms with Gasteiger partial charge in [0.2, 0.25) is 5.43 Å². The molecular weight excluding hydrogens is 417 g/mol. The number of hydrogen-bond donors (Lipinski definition) is 2. The monoisotopic (exact) mass is 435 g/mol. The van der Waals surface area contributed by atoms with Gasteiger partial charge in [-0.1, -0.05) is 29.3 Å². The third-order valence-corrected chi connectivity index (χ3v) is 6.03. The van der Waals surface area contributed by atoms with Crippen molar-refractivity contribution in [3.8, 4) is 5.75 Å². The van der Waals surface area contributed by atoms with Crippen molar-refractivity contribution >= 4 is 35.0 Å². The van der Waals surface area contributed by atoms with Crippen molar-refractivity contribution in [3.05, 3.63) is 61.5 Å². The number of halogens is 2. The molecule has 1 saturated heterocycles. The van der Waals surface area contributed by atoms with Gasteiger partial charge in [0.1, 0.15) is 5.56 Å². The Hall–Kier alpha value is -2.51. The lowest BCUT2D eigenvalue weighted by atomic mass is 10.1. The molecule has 9 heteroatoms. The second-order valence-electron chi connectivity index (χ2n) is 7.30. The van der Waals surface area contributed by atoms with E-state index in [1.807, 2.05) is 0 Å². The summed E-state index contributed by atoms with van der Waals surface area (Å²) in [7, 11) is 0. The average molecular weight is 436 g/mol. The topological polar surface area (TPSA) is 91.6 Å². The van der Waals surface area contributed by atoms with Crippen LogP contribution < -0.4 is 10.7 Å². The molecule has 0 saturated carbocycles. The van der Waals surface area contributed by atoms with E-state index >= 15 is 0 Å². The van der Waals surface area contributed by atoms with E-state index in [0.717, 1.165) is 19.3 Å². The van der Waals surface area contributed by atoms with E-state index < -0.39 is 17.1 Å². The molecule has 2 N–H and O–H groups in total. The first kappa shape index (κ1) is 19.8. The SMILES string of the molecule is O=C(NCc1ccc(Cl)cc1Cl)c1cn2c(c(O)c1=O)C(=O)N1CCCCC2C1. The standard InChI is InChI=1S/C20H19Cl2N3O4/c21-12-5-4-11(15(22)7-12)8-23-19(28)14-10-25-13-3-1-2-6-24(9-13)20(29)16(25)18(27)17(14)26/h4-5,7,10,13,27H,1-3,6,8-9H2,(H,23,28). The molecule has 2 aliphatic rings. The first-order valence-corrected chi connectivity index (χ1v) is 10.1. The van der Waals surface area contributed by atoms with E-state index in [1.54, 1.807) is 27.7 Å². The summed E-state index contributed by atoms with van der Waals surface area (Å²) in [4.78, 5) is 39.6. The van der Waals surface area contributed by atoms with Crippen LogP contribution in [0.1, 0.15) is 51.7 Å². The summed E-state index contributed by atoms with van der Waals surface area (Å²) in [5.41, 5.74) is -0.460. The Kier molecular flexibility index (Phi) is 5.27. The molecule has 4 rings (SSSR count). The average Bonchev–Trinajstić information content (AvgIpc) is 2.91. The number of carbonyl (C=O) groups excluding carboxylic acids is 2. The Balaban J connectivity index is 1.66. The Labute approximate surface area is 176 Å². The molecule has 1 unspecified atom stereocenters. The molecule has 1 fully saturated rings. The van der Waals surface area contributed by atoms with Gasteiger partial charge in [-0.15, -0.1) is 0 Å². The zero-order valence-electron chi connectivity index (χ0n) is 15.5. The van der Waals surface area contributed by atoms with Crippen LogP contribution in [0, 0.1) is 0 Å². The summed E-state index contributed by atoms with van der Waals surface area (Å²) in [5.74, 6) is -1.70. The summed E-state index contributed by atoms with van der Waals surface area (Å²) in [5, 5.41) is 14.0. The number of nitrogens with one attached hydrogen (secondary N) is 1. The van der Waals surface area contributed by atoms with Crippen LogP contribution in [-0.4, -0.2) is 39.5 Å². The zero-order valence-corrected chi connectivity index (χ0v) is 17.0. The fraction of sp³-hybridized carbons (Fsp3) is 0.350. The van der Waals surface area contributed by atoms with Gasteiger partial charge in [0.15, 0.2) is 11.4 Å². The molecule has 1 aromatic carbocycles. The van der Waals surface area contributed by atoms with Crippen LogP contribution >= 0.6 is 23.2 Å². The van der Waals surface area contributed by atoms with Crippen molar-refractivity contribution in [2.45, 2.75) is 31.8 Å². The van der Waals surface area contributed by atoms with Gasteiger partial charge >= 0.3 is 0 Å². The number of benzene rings is 1. The number of carbonyl (C=O) groups is 2. The molecule has 2 amide bonds. The lowest BCUT2D eigenvalue weighted by Crippen LogP contribution is -2.44. The van der Waals surface area contributed by atoms with Crippen LogP contribution in [0.15, 0.2) is 29.2 Å². The molecule has 0 aliphatic carbocycles. The molecular formula is C20H19Cl2N3O4. The van der Waals surface area contributed by atoms with Gasteiger partial charge in [-0.25, -0.2) is 0 Å². The summed E-state index contributed by atoms with van der Waals surface area (Å²) in [6.45, 7) is 1.20. The van der Waals surface area contributed by atoms with Crippen molar-refractivity contribution in [3.63, 3.8) is 0 Å². The highest BCUT2D eigenvalue weighted by Gasteiger charge is 2.36. The van der Waals surface area contributed by atoms with E-state index in [0.29, 0.717) is 28.7 Å². The molecule has 1 atom stereocenters. The molecule has 152 valence electrons. The highest BCUT2D eigenvalue weighted by molar-refractivity contribution is 6.35. The maximum absolute atomic E-state index is 12.7. The lowest BCUT2D eigenvalue weighted by Gasteiger charge is -2.34. The Bertz CT molecular complexity index is 1070. The maximum Gasteiger partial charge on any atom is 0.274 e. The van der Waals surface area contributed by atoms with Crippen molar-refractivity contribution in [2.24, 2.45) is 0 Å². The van der Waals surface area contributed by atoms with Gasteiger partial charge in [0, 0.05) is 35.9 Å². The van der Waals surface area contributed by atoms with Crippen LogP contribution in [0.25, 0.3) is 0 Å². The Morgan fingerprint density at radius 2 is 2.03 bits per heavy atom. The largest absolute Gasteiger partial charge is 0.503 e. The van der Waals surface area contributed by atoms with Gasteiger partial charge in [0.25, 0.3) is 11.8 Å². The summed E-state index contributed by atoms with van der Waals surface area (Å²) in [6, 6.07) is 4.82. The molecule has 7 nitrogen and oxygen atoms in total. The predicted molar refractivity (Wildman–Crippen MR) is 109 cm³/mol. The van der Waals surface area contributed by atoms with Crippen molar-refractivity contribution in [1.82, 2.24) is 14.8 Å². The molecule has 0 radical (unpaired) electrons. The molecule has 2 aromatic rings. The lowest BCUT2D eigenvalue weighted by molar-refractivity contribution is 0.0677. The minimum atomic E-state index is -0.857. The first-order chi connectivity index (χ1) is 13.9. The highest BCUT2D eigenvalue weighted by Crippen LogP contribution is 2.31. The van der Waals surface area contributed by atoms with E-state index in [2.05, 4.69) is 5.32 Å². The van der Waals surface area contributed by atoms with Gasteiger partial charge in [0.05, 0.1) is 6.04 Å². The molecule has 2 aliphatic heterocycles. The van der Waals surface area contributed by atoms with Crippen LogP contribution in [-0.2, 0) is 6.54 Å². The summed E-state index contributed by atoms with van der Waals surface area (Å²) >= 11 is 12.0. The maximum atomic E-state index is 12.7. The fourth-order valence-corrected chi connectivity index (χ4v) is 4.37. The summed E-state index contributed by atoms with van der Waals surface area (Å²) < 4.78 is 1.59. The van der Waals surface area contributed by atoms with Gasteiger partial charge in [-0.05, 0) is 37.0 Å². The normalized spacial score (nSPS) is 18.2. The van der Waals surface area contributed by atoms with Crippen molar-refractivity contribution < 1.29 is 14.7 Å². The Morgan fingerprint density at radius 3 is 2.79 bits per heavy atom. The number of fused-ring (bicyclic) bond motifs is 4. The fourth-order valence-electron chi connectivity index (χ4n) is 3.90. The second-order valence-corrected chi connectivity index (χ2v) is 8.14. The first-order valence-electron chi connectivity index (χ1n) is 9.36. The quantitative estimate of drug-likeness (QED) is 0.774. The van der Waals surface area contributed by atoms with Crippen LogP contribution in [0.5, 0.6) is 5.75 Å². The van der Waals surface area contributed by atoms with Crippen molar-refractivity contribution in [1.29, 1.82) is 0 Å². The van der Waals surface area contributed by atoms with E-state index in [1.165, 1.54) is 6.20 Å². The minimum absolute atomic E-state index is 0.0366. The van der Waals surface area contributed by atoms with E-state index in [9.17, 15) is 19.5 Å². The number of aromatic hydroxyl groups is 1. The van der Waals surface area contributed by atoms with Crippen LogP contribution in [0.4, 0.5) is 0 Å². The van der Waals surface area contributed by atoms with Gasteiger partial charge < -0.3 is 19.9 Å². The van der Waals surface area contributed by atoms with Gasteiger partial charge in [-0.3, -0.25) is 14.4 Å². The highest BCUT2D eigenvalue weighted by atomic mass is 35.5. The van der Waals surface area contributed by atoms with E-state index in [-0.39, 0.29) is 29.8 Å². The molecule has 2 bridgehead atoms. The number of amides is 2. The molecule has 1 aromatic heterocycles. The number of pyridine rings is 1. The molecule has 29 heavy (non-hydrogen) atoms. The Morgan fingerprint density at radius 1 is 1.24 bits per heavy atom. The second kappa shape index (κ2) is 7.72. The summed E-state index contributed by atoms with van der Waals surface area (Å²) in [6.07, 6.45) is 4.00. The van der Waals surface area contributed by atoms with Crippen molar-refractivity contribution in [2.75, 3.05) is 13.1 Å². The molecule has 0 spiro atoms. The molecule has 3 heterocycles. The van der Waals surface area contributed by atoms with Crippen LogP contribution in [0.3, 0.4) is 0 Å². The smallest absolute Gasteiger partial charge is 0.274 e. The minimum Gasteiger partial charge on any atom is -0.503 e. The van der Waals surface area contributed by atoms with E-state index in [4.69, 9.17) is 23.2 Å². The number of hydrogen-bond acceptors (Lipinski definition) is 4. The zero-order chi connectivity index (χ0) is 20.7. The third-order valence-electron chi connectivity index (χ3n) is 5.44. The number of aromatic nitrogens is 1. The van der Waals surface area contributed by atoms with Crippen LogP contribution in [0.2, 0.25) is 10.0 Å². The number of nitrogens with zero attached hydrogens (tertiary/aromatic N) is 2. The predicted octanol–water partition coefficient (Wildman–Crippen LogP) is 2.97. The number of rotatable bonds is 3.